The smallest absolute Gasteiger partial charge is 0.167 e. The lowest BCUT2D eigenvalue weighted by Crippen LogP contribution is -2.28. The molecule has 0 spiro atoms. The maximum Gasteiger partial charge on any atom is 0.167 e. The quantitative estimate of drug-likeness (QED) is 0.606. The number of ether oxygens (including phenoxy) is 2. The number of likely N-dealkylation sites (tertiary alicyclic amines) is 1. The Morgan fingerprint density at radius 1 is 1.03 bits per heavy atom. The molecule has 2 aromatic carbocycles. The van der Waals surface area contributed by atoms with E-state index < -0.39 is 0 Å². The van der Waals surface area contributed by atoms with Crippen LogP contribution < -0.4 is 9.47 Å². The number of phenolic OH excluding ortho intramolecular Hbond substituents is 1. The minimum absolute atomic E-state index is 0.187. The molecule has 0 radical (unpaired) electrons. The fraction of sp³-hybridized carbons (Fsp3) is 0.375. The summed E-state index contributed by atoms with van der Waals surface area (Å²) >= 11 is 0. The first-order chi connectivity index (χ1) is 14.7. The molecule has 0 bridgehead atoms. The molecule has 1 saturated heterocycles. The van der Waals surface area contributed by atoms with Crippen LogP contribution in [0.5, 0.6) is 17.2 Å². The zero-order valence-electron chi connectivity index (χ0n) is 17.5. The molecule has 0 saturated carbocycles. The van der Waals surface area contributed by atoms with Crippen LogP contribution in [0.15, 0.2) is 53.1 Å². The largest absolute Gasteiger partial charge is 0.508 e. The normalized spacial score (nSPS) is 17.5. The second kappa shape index (κ2) is 9.22. The van der Waals surface area contributed by atoms with Gasteiger partial charge in [-0.25, -0.2) is 0 Å². The maximum atomic E-state index is 9.83. The number of methoxy groups -OCH3 is 2. The Labute approximate surface area is 177 Å². The van der Waals surface area contributed by atoms with Gasteiger partial charge in [-0.3, -0.25) is 4.90 Å². The van der Waals surface area contributed by atoms with Crippen LogP contribution in [0, 0.1) is 0 Å². The van der Waals surface area contributed by atoms with Gasteiger partial charge in [-0.2, -0.15) is 0 Å². The van der Waals surface area contributed by atoms with Gasteiger partial charge in [0.05, 0.1) is 20.3 Å². The predicted octanol–water partition coefficient (Wildman–Crippen LogP) is 5.18. The highest BCUT2D eigenvalue weighted by Gasteiger charge is 2.26. The van der Waals surface area contributed by atoms with Gasteiger partial charge in [0.2, 0.25) is 0 Å². The fourth-order valence-electron chi connectivity index (χ4n) is 4.15. The van der Waals surface area contributed by atoms with Gasteiger partial charge in [-0.15, -0.1) is 0 Å². The molecule has 1 atom stereocenters. The van der Waals surface area contributed by atoms with E-state index >= 15 is 0 Å². The molecule has 30 heavy (non-hydrogen) atoms. The lowest BCUT2D eigenvalue weighted by Gasteiger charge is -2.28. The van der Waals surface area contributed by atoms with Crippen molar-refractivity contribution in [3.05, 3.63) is 59.8 Å². The first kappa shape index (κ1) is 20.3. The average Bonchev–Trinajstić information content (AvgIpc) is 3.14. The van der Waals surface area contributed by atoms with E-state index in [0.29, 0.717) is 23.0 Å². The minimum Gasteiger partial charge on any atom is -0.508 e. The van der Waals surface area contributed by atoms with E-state index in [1.165, 1.54) is 12.8 Å². The van der Waals surface area contributed by atoms with E-state index in [0.717, 1.165) is 42.8 Å². The minimum atomic E-state index is 0.187. The zero-order chi connectivity index (χ0) is 20.9. The topological polar surface area (TPSA) is 68.0 Å². The molecule has 1 aliphatic heterocycles. The van der Waals surface area contributed by atoms with Crippen LogP contribution in [0.2, 0.25) is 0 Å². The molecule has 1 aromatic heterocycles. The second-order valence-corrected chi connectivity index (χ2v) is 7.69. The Hall–Kier alpha value is -2.99. The number of aromatic hydroxyl groups is 1. The summed E-state index contributed by atoms with van der Waals surface area (Å²) in [5, 5.41) is 14.3. The van der Waals surface area contributed by atoms with Gasteiger partial charge in [-0.1, -0.05) is 30.1 Å². The van der Waals surface area contributed by atoms with Gasteiger partial charge in [0, 0.05) is 18.2 Å². The van der Waals surface area contributed by atoms with E-state index in [-0.39, 0.29) is 6.04 Å². The Bertz CT molecular complexity index is 985. The van der Waals surface area contributed by atoms with Crippen molar-refractivity contribution in [3.63, 3.8) is 0 Å². The molecule has 4 rings (SSSR count). The summed E-state index contributed by atoms with van der Waals surface area (Å²) in [6.45, 7) is 1.77. The Balaban J connectivity index is 1.59. The third-order valence-corrected chi connectivity index (χ3v) is 5.70. The summed E-state index contributed by atoms with van der Waals surface area (Å²) in [7, 11) is 3.25. The number of rotatable bonds is 6. The first-order valence-corrected chi connectivity index (χ1v) is 10.4. The molecule has 6 nitrogen and oxygen atoms in total. The van der Waals surface area contributed by atoms with E-state index in [1.807, 2.05) is 36.4 Å². The molecule has 1 N–H and O–H groups in total. The van der Waals surface area contributed by atoms with Crippen molar-refractivity contribution in [2.24, 2.45) is 0 Å². The third kappa shape index (κ3) is 4.44. The zero-order valence-corrected chi connectivity index (χ0v) is 17.5. The third-order valence-electron chi connectivity index (χ3n) is 5.70. The summed E-state index contributed by atoms with van der Waals surface area (Å²) in [5.74, 6) is 2.36. The molecule has 6 heteroatoms. The van der Waals surface area contributed by atoms with Gasteiger partial charge in [-0.05, 0) is 55.3 Å². The molecule has 3 aromatic rings. The van der Waals surface area contributed by atoms with Crippen LogP contribution in [0.25, 0.3) is 11.3 Å². The van der Waals surface area contributed by atoms with Crippen molar-refractivity contribution in [1.82, 2.24) is 10.1 Å². The van der Waals surface area contributed by atoms with Gasteiger partial charge in [0.1, 0.15) is 11.4 Å². The van der Waals surface area contributed by atoms with Crippen LogP contribution in [0.3, 0.4) is 0 Å². The Morgan fingerprint density at radius 3 is 2.70 bits per heavy atom. The van der Waals surface area contributed by atoms with Gasteiger partial charge >= 0.3 is 0 Å². The number of hydrogen-bond donors (Lipinski definition) is 1. The molecule has 0 amide bonds. The maximum absolute atomic E-state index is 9.83. The highest BCUT2D eigenvalue weighted by atomic mass is 16.5. The van der Waals surface area contributed by atoms with Crippen LogP contribution in [-0.2, 0) is 6.54 Å². The van der Waals surface area contributed by atoms with Gasteiger partial charge < -0.3 is 19.1 Å². The predicted molar refractivity (Wildman–Crippen MR) is 115 cm³/mol. The molecule has 0 unspecified atom stereocenters. The van der Waals surface area contributed by atoms with Crippen molar-refractivity contribution in [2.75, 3.05) is 20.8 Å². The Morgan fingerprint density at radius 2 is 1.90 bits per heavy atom. The monoisotopic (exact) mass is 408 g/mol. The van der Waals surface area contributed by atoms with Crippen LogP contribution >= 0.6 is 0 Å². The van der Waals surface area contributed by atoms with Crippen molar-refractivity contribution in [1.29, 1.82) is 0 Å². The van der Waals surface area contributed by atoms with Crippen molar-refractivity contribution >= 4 is 0 Å². The molecule has 158 valence electrons. The average molecular weight is 408 g/mol. The SMILES string of the molecule is COc1ccc(-c2cc([C@H]3CCCCCN3Cc3cccc(O)c3)no2)cc1OC. The van der Waals surface area contributed by atoms with Gasteiger partial charge in [0.15, 0.2) is 17.3 Å². The summed E-state index contributed by atoms with van der Waals surface area (Å²) < 4.78 is 16.5. The van der Waals surface area contributed by atoms with Crippen molar-refractivity contribution in [3.8, 4) is 28.6 Å². The van der Waals surface area contributed by atoms with E-state index in [9.17, 15) is 5.11 Å². The lowest BCUT2D eigenvalue weighted by atomic mass is 10.0. The lowest BCUT2D eigenvalue weighted by molar-refractivity contribution is 0.184. The standard InChI is InChI=1S/C24H28N2O4/c1-28-22-11-10-18(14-24(22)29-2)23-15-20(25-30-23)21-9-4-3-5-12-26(21)16-17-7-6-8-19(27)13-17/h6-8,10-11,13-15,21,27H,3-5,9,12,16H2,1-2H3/t21-/m1/s1. The van der Waals surface area contributed by atoms with Crippen LogP contribution in [0.4, 0.5) is 0 Å². The number of nitrogens with zero attached hydrogens (tertiary/aromatic N) is 2. The summed E-state index contributed by atoms with van der Waals surface area (Å²) in [4.78, 5) is 2.44. The molecule has 1 fully saturated rings. The Kier molecular flexibility index (Phi) is 6.23. The highest BCUT2D eigenvalue weighted by Crippen LogP contribution is 2.36. The van der Waals surface area contributed by atoms with E-state index in [4.69, 9.17) is 14.0 Å². The highest BCUT2D eigenvalue weighted by molar-refractivity contribution is 5.62. The summed E-state index contributed by atoms with van der Waals surface area (Å²) in [6, 6.07) is 15.4. The second-order valence-electron chi connectivity index (χ2n) is 7.69. The van der Waals surface area contributed by atoms with E-state index in [1.54, 1.807) is 20.3 Å². The van der Waals surface area contributed by atoms with Gasteiger partial charge in [0.25, 0.3) is 0 Å². The first-order valence-electron chi connectivity index (χ1n) is 10.4. The summed E-state index contributed by atoms with van der Waals surface area (Å²) in [6.07, 6.45) is 4.58. The fourth-order valence-corrected chi connectivity index (χ4v) is 4.15. The van der Waals surface area contributed by atoms with Crippen molar-refractivity contribution in [2.45, 2.75) is 38.3 Å². The number of benzene rings is 2. The molecule has 0 aliphatic carbocycles. The molecular weight excluding hydrogens is 380 g/mol. The van der Waals surface area contributed by atoms with Crippen LogP contribution in [0.1, 0.15) is 43.0 Å². The summed E-state index contributed by atoms with van der Waals surface area (Å²) in [5.41, 5.74) is 2.95. The number of hydrogen-bond acceptors (Lipinski definition) is 6. The molecular formula is C24H28N2O4. The van der Waals surface area contributed by atoms with E-state index in [2.05, 4.69) is 16.1 Å². The number of aromatic nitrogens is 1. The van der Waals surface area contributed by atoms with Crippen LogP contribution in [-0.4, -0.2) is 35.9 Å². The van der Waals surface area contributed by atoms with Crippen molar-refractivity contribution < 1.29 is 19.1 Å². The number of phenols is 1. The molecule has 2 heterocycles. The molecule has 1 aliphatic rings.